The van der Waals surface area contributed by atoms with E-state index in [9.17, 15) is 14.4 Å². The molecule has 0 fully saturated rings. The van der Waals surface area contributed by atoms with Gasteiger partial charge in [0.1, 0.15) is 24.7 Å². The number of hydrazone groups is 1. The maximum Gasteiger partial charge on any atom is 0.329 e. The van der Waals surface area contributed by atoms with Crippen molar-refractivity contribution in [2.24, 2.45) is 5.10 Å². The summed E-state index contributed by atoms with van der Waals surface area (Å²) < 4.78 is 21.2. The lowest BCUT2D eigenvalue weighted by molar-refractivity contribution is -0.136. The highest BCUT2D eigenvalue weighted by atomic mass is 16.6. The molecule has 2 aromatic rings. The van der Waals surface area contributed by atoms with E-state index < -0.39 is 11.8 Å². The fraction of sp³-hybridized carbons (Fsp3) is 0.273. The molecule has 0 unspecified atom stereocenters. The molecule has 3 rings (SSSR count). The number of hydrogen-bond acceptors (Lipinski definition) is 8. The molecule has 1 heterocycles. The molecule has 1 aliphatic heterocycles. The molecule has 0 aromatic heterocycles. The van der Waals surface area contributed by atoms with E-state index in [4.69, 9.17) is 18.9 Å². The summed E-state index contributed by atoms with van der Waals surface area (Å²) in [6.45, 7) is 2.46. The predicted molar refractivity (Wildman–Crippen MR) is 120 cm³/mol. The van der Waals surface area contributed by atoms with Crippen LogP contribution >= 0.6 is 0 Å². The van der Waals surface area contributed by atoms with E-state index in [-0.39, 0.29) is 18.0 Å². The van der Waals surface area contributed by atoms with Crippen LogP contribution in [0.15, 0.2) is 41.5 Å². The summed E-state index contributed by atoms with van der Waals surface area (Å²) in [5, 5.41) is 8.96. The van der Waals surface area contributed by atoms with E-state index in [2.05, 4.69) is 21.2 Å². The Labute approximate surface area is 190 Å². The lowest BCUT2D eigenvalue weighted by Gasteiger charge is -2.19. The van der Waals surface area contributed by atoms with Gasteiger partial charge in [-0.25, -0.2) is 5.43 Å². The molecule has 3 N–H and O–H groups in total. The molecular formula is C22H24N4O7. The summed E-state index contributed by atoms with van der Waals surface area (Å²) in [5.41, 5.74) is 3.22. The van der Waals surface area contributed by atoms with Crippen molar-refractivity contribution in [1.29, 1.82) is 0 Å². The normalized spacial score (nSPS) is 12.4. The van der Waals surface area contributed by atoms with E-state index >= 15 is 0 Å². The quantitative estimate of drug-likeness (QED) is 0.329. The highest BCUT2D eigenvalue weighted by Crippen LogP contribution is 2.32. The van der Waals surface area contributed by atoms with Crippen LogP contribution in [-0.4, -0.2) is 50.9 Å². The molecule has 174 valence electrons. The van der Waals surface area contributed by atoms with Crippen LogP contribution < -0.4 is 35.0 Å². The molecule has 0 saturated carbocycles. The van der Waals surface area contributed by atoms with Gasteiger partial charge in [0.05, 0.1) is 26.3 Å². The highest BCUT2D eigenvalue weighted by molar-refractivity contribution is 6.39. The topological polar surface area (TPSA) is 137 Å². The number of nitrogens with one attached hydrogen (secondary N) is 3. The Kier molecular flexibility index (Phi) is 7.68. The molecular weight excluding hydrogens is 432 g/mol. The fourth-order valence-electron chi connectivity index (χ4n) is 2.89. The Balaban J connectivity index is 1.52. The first-order chi connectivity index (χ1) is 15.9. The van der Waals surface area contributed by atoms with Gasteiger partial charge in [-0.2, -0.15) is 5.10 Å². The van der Waals surface area contributed by atoms with Crippen LogP contribution in [0.2, 0.25) is 0 Å². The third kappa shape index (κ3) is 6.35. The van der Waals surface area contributed by atoms with Gasteiger partial charge in [-0.05, 0) is 31.2 Å². The minimum atomic E-state index is -1.01. The molecule has 0 saturated heterocycles. The molecule has 11 heteroatoms. The van der Waals surface area contributed by atoms with Gasteiger partial charge in [-0.3, -0.25) is 14.4 Å². The largest absolute Gasteiger partial charge is 0.497 e. The summed E-state index contributed by atoms with van der Waals surface area (Å²) in [6.07, 6.45) is -0.0972. The van der Waals surface area contributed by atoms with Crippen molar-refractivity contribution < 1.29 is 33.3 Å². The Morgan fingerprint density at radius 2 is 1.70 bits per heavy atom. The molecule has 0 aliphatic carbocycles. The van der Waals surface area contributed by atoms with Crippen molar-refractivity contribution in [2.45, 2.75) is 13.3 Å². The number of carbonyl (C=O) groups excluding carboxylic acids is 3. The molecule has 0 atom stereocenters. The number of carbonyl (C=O) groups is 3. The van der Waals surface area contributed by atoms with Crippen LogP contribution in [0.4, 0.5) is 11.4 Å². The monoisotopic (exact) mass is 456 g/mol. The Morgan fingerprint density at radius 1 is 0.939 bits per heavy atom. The number of anilines is 2. The minimum absolute atomic E-state index is 0.0972. The van der Waals surface area contributed by atoms with Crippen LogP contribution in [0.3, 0.4) is 0 Å². The Morgan fingerprint density at radius 3 is 2.42 bits per heavy atom. The fourth-order valence-corrected chi connectivity index (χ4v) is 2.89. The first-order valence-electron chi connectivity index (χ1n) is 9.95. The van der Waals surface area contributed by atoms with Crippen molar-refractivity contribution >= 4 is 34.8 Å². The van der Waals surface area contributed by atoms with E-state index in [1.807, 2.05) is 0 Å². The van der Waals surface area contributed by atoms with Crippen molar-refractivity contribution in [1.82, 2.24) is 5.43 Å². The SMILES string of the molecule is COc1ccc(OC)c(NC(=O)C(=O)N/N=C(/C)CC(=O)Nc2ccc3c(c2)OCCO3)c1. The van der Waals surface area contributed by atoms with E-state index in [0.29, 0.717) is 47.6 Å². The zero-order valence-electron chi connectivity index (χ0n) is 18.4. The highest BCUT2D eigenvalue weighted by Gasteiger charge is 2.17. The van der Waals surface area contributed by atoms with Crippen LogP contribution in [0.1, 0.15) is 13.3 Å². The zero-order valence-corrected chi connectivity index (χ0v) is 18.4. The second-order valence-corrected chi connectivity index (χ2v) is 6.89. The average molecular weight is 456 g/mol. The molecule has 0 spiro atoms. The predicted octanol–water partition coefficient (Wildman–Crippen LogP) is 1.93. The molecule has 3 amide bonds. The smallest absolute Gasteiger partial charge is 0.329 e. The van der Waals surface area contributed by atoms with E-state index in [0.717, 1.165) is 0 Å². The van der Waals surface area contributed by atoms with Gasteiger partial charge < -0.3 is 29.6 Å². The summed E-state index contributed by atoms with van der Waals surface area (Å²) >= 11 is 0. The molecule has 1 aliphatic rings. The van der Waals surface area contributed by atoms with Gasteiger partial charge in [0.25, 0.3) is 0 Å². The second-order valence-electron chi connectivity index (χ2n) is 6.89. The van der Waals surface area contributed by atoms with Crippen molar-refractivity contribution in [3.63, 3.8) is 0 Å². The van der Waals surface area contributed by atoms with E-state index in [1.165, 1.54) is 20.3 Å². The van der Waals surface area contributed by atoms with Crippen LogP contribution in [0.25, 0.3) is 0 Å². The Hall–Kier alpha value is -4.28. The standard InChI is InChI=1S/C22H24N4O7/c1-13(10-20(27)23-14-4-6-18-19(11-14)33-9-8-32-18)25-26-22(29)21(28)24-16-12-15(30-2)5-7-17(16)31-3/h4-7,11-12H,8-10H2,1-3H3,(H,23,27)(H,24,28)(H,26,29)/b25-13-. The molecule has 11 nitrogen and oxygen atoms in total. The van der Waals surface area contributed by atoms with Gasteiger partial charge in [0, 0.05) is 23.5 Å². The van der Waals surface area contributed by atoms with Gasteiger partial charge >= 0.3 is 11.8 Å². The van der Waals surface area contributed by atoms with Crippen molar-refractivity contribution in [2.75, 3.05) is 38.1 Å². The summed E-state index contributed by atoms with van der Waals surface area (Å²) in [7, 11) is 2.91. The van der Waals surface area contributed by atoms with Crippen molar-refractivity contribution in [3.05, 3.63) is 36.4 Å². The lowest BCUT2D eigenvalue weighted by Crippen LogP contribution is -2.33. The van der Waals surface area contributed by atoms with Crippen molar-refractivity contribution in [3.8, 4) is 23.0 Å². The van der Waals surface area contributed by atoms with Gasteiger partial charge in [0.15, 0.2) is 11.5 Å². The lowest BCUT2D eigenvalue weighted by atomic mass is 10.2. The van der Waals surface area contributed by atoms with Crippen LogP contribution in [-0.2, 0) is 14.4 Å². The van der Waals surface area contributed by atoms with Gasteiger partial charge in [-0.1, -0.05) is 0 Å². The molecule has 0 bridgehead atoms. The number of rotatable bonds is 7. The Bertz CT molecular complexity index is 1080. The zero-order chi connectivity index (χ0) is 23.8. The minimum Gasteiger partial charge on any atom is -0.497 e. The summed E-state index contributed by atoms with van der Waals surface area (Å²) in [4.78, 5) is 36.5. The number of benzene rings is 2. The number of ether oxygens (including phenoxy) is 4. The third-order valence-corrected chi connectivity index (χ3v) is 4.45. The number of methoxy groups -OCH3 is 2. The summed E-state index contributed by atoms with van der Waals surface area (Å²) in [6, 6.07) is 9.82. The number of amides is 3. The maximum absolute atomic E-state index is 12.3. The third-order valence-electron chi connectivity index (χ3n) is 4.45. The van der Waals surface area contributed by atoms with E-state index in [1.54, 1.807) is 37.3 Å². The van der Waals surface area contributed by atoms with Crippen LogP contribution in [0, 0.1) is 0 Å². The summed E-state index contributed by atoms with van der Waals surface area (Å²) in [5.74, 6) is -0.324. The first-order valence-corrected chi connectivity index (χ1v) is 9.95. The molecule has 33 heavy (non-hydrogen) atoms. The molecule has 2 aromatic carbocycles. The van der Waals surface area contributed by atoms with Gasteiger partial charge in [0.2, 0.25) is 5.91 Å². The number of nitrogens with zero attached hydrogens (tertiary/aromatic N) is 1. The number of fused-ring (bicyclic) bond motifs is 1. The second kappa shape index (κ2) is 10.8. The average Bonchev–Trinajstić information content (AvgIpc) is 2.82. The number of hydrogen-bond donors (Lipinski definition) is 3. The van der Waals surface area contributed by atoms with Crippen LogP contribution in [0.5, 0.6) is 23.0 Å². The molecule has 0 radical (unpaired) electrons. The maximum atomic E-state index is 12.3. The van der Waals surface area contributed by atoms with Gasteiger partial charge in [-0.15, -0.1) is 0 Å². The first kappa shape index (κ1) is 23.4.